The molecule has 8 nitrogen and oxygen atoms in total. The molecule has 0 fully saturated rings. The van der Waals surface area contributed by atoms with Crippen molar-refractivity contribution in [2.24, 2.45) is 0 Å². The van der Waals surface area contributed by atoms with Crippen molar-refractivity contribution in [3.63, 3.8) is 0 Å². The lowest BCUT2D eigenvalue weighted by atomic mass is 9.98. The van der Waals surface area contributed by atoms with Crippen molar-refractivity contribution in [2.45, 2.75) is 27.7 Å². The van der Waals surface area contributed by atoms with Crippen molar-refractivity contribution in [3.8, 4) is 107 Å². The highest BCUT2D eigenvalue weighted by molar-refractivity contribution is 6.16. The van der Waals surface area contributed by atoms with Crippen molar-refractivity contribution in [3.05, 3.63) is 326 Å². The minimum atomic E-state index is 0.530. The first kappa shape index (κ1) is 57.0. The summed E-state index contributed by atoms with van der Waals surface area (Å²) in [5.41, 5.74) is 25.8. The predicted molar refractivity (Wildman–Crippen MR) is 401 cm³/mol. The minimum Gasteiger partial charge on any atom is -0.306 e. The third kappa shape index (κ3) is 9.79. The van der Waals surface area contributed by atoms with E-state index < -0.39 is 0 Å². The molecular formula is C89H62N8. The molecule has 0 aliphatic carbocycles. The normalized spacial score (nSPS) is 11.7. The average molecular weight is 1240 g/mol. The molecule has 0 aliphatic heterocycles. The topological polar surface area (TPSA) is 79.2 Å². The van der Waals surface area contributed by atoms with Crippen molar-refractivity contribution >= 4 is 65.4 Å². The fourth-order valence-corrected chi connectivity index (χ4v) is 14.5. The van der Waals surface area contributed by atoms with E-state index in [2.05, 4.69) is 339 Å². The van der Waals surface area contributed by atoms with Gasteiger partial charge in [0, 0.05) is 76.8 Å². The molecule has 0 amide bonds. The van der Waals surface area contributed by atoms with Gasteiger partial charge in [-0.25, -0.2) is 24.9 Å². The lowest BCUT2D eigenvalue weighted by Crippen LogP contribution is -2.14. The standard InChI is InChI=1S/C89H62N8/c1-55-37-42-80-66(47-55)67-48-56(2)38-43-81(67)95(80)85-71(88-91-75(60-25-12-6-13-26-60)53-76(92-88)61-27-14-7-15-28-61)52-72(89-93-77(62-29-16-8-17-30-62)54-78(94-89)63-31-18-9-19-32-63)86(96-82-44-39-57(3)49-68(82)69-50-58(4)40-45-83(69)96)87(85)97-79-36-21-20-33-65(79)70-51-64(41-46-84(70)97)74-35-22-34-73(90-74)59-23-10-5-11-24-59/h5-54H,1-4H3. The van der Waals surface area contributed by atoms with E-state index in [4.69, 9.17) is 24.9 Å². The van der Waals surface area contributed by atoms with E-state index >= 15 is 0 Å². The Hall–Kier alpha value is -12.7. The second kappa shape index (κ2) is 23.1. The van der Waals surface area contributed by atoms with Gasteiger partial charge >= 0.3 is 0 Å². The number of aromatic nitrogens is 8. The first-order valence-electron chi connectivity index (χ1n) is 33.0. The van der Waals surface area contributed by atoms with Crippen LogP contribution in [-0.2, 0) is 0 Å². The Labute approximate surface area is 561 Å². The number of nitrogens with zero attached hydrogens (tertiary/aromatic N) is 8. The maximum Gasteiger partial charge on any atom is 0.162 e. The van der Waals surface area contributed by atoms with Crippen molar-refractivity contribution in [2.75, 3.05) is 0 Å². The van der Waals surface area contributed by atoms with Crippen molar-refractivity contribution in [1.29, 1.82) is 0 Å². The quantitative estimate of drug-likeness (QED) is 0.129. The summed E-state index contributed by atoms with van der Waals surface area (Å²) >= 11 is 0. The maximum atomic E-state index is 5.87. The molecule has 0 unspecified atom stereocenters. The van der Waals surface area contributed by atoms with Crippen molar-refractivity contribution in [1.82, 2.24) is 38.6 Å². The fraction of sp³-hybridized carbons (Fsp3) is 0.0449. The molecule has 0 saturated heterocycles. The predicted octanol–water partition coefficient (Wildman–Crippen LogP) is 22.5. The van der Waals surface area contributed by atoms with Crippen LogP contribution in [0.25, 0.3) is 173 Å². The summed E-state index contributed by atoms with van der Waals surface area (Å²) in [5, 5.41) is 6.68. The summed E-state index contributed by atoms with van der Waals surface area (Å²) in [5.74, 6) is 1.06. The third-order valence-electron chi connectivity index (χ3n) is 19.1. The summed E-state index contributed by atoms with van der Waals surface area (Å²) < 4.78 is 7.54. The Balaban J connectivity index is 1.10. The summed E-state index contributed by atoms with van der Waals surface area (Å²) in [4.78, 5) is 28.8. The van der Waals surface area contributed by atoms with Crippen LogP contribution in [0.15, 0.2) is 303 Å². The summed E-state index contributed by atoms with van der Waals surface area (Å²) in [6, 6.07) is 109. The molecule has 0 atom stereocenters. The van der Waals surface area contributed by atoms with Crippen LogP contribution in [0, 0.1) is 27.7 Å². The molecule has 0 spiro atoms. The number of hydrogen-bond donors (Lipinski definition) is 0. The Morgan fingerprint density at radius 1 is 0.196 bits per heavy atom. The van der Waals surface area contributed by atoms with Crippen LogP contribution in [-0.4, -0.2) is 38.6 Å². The molecule has 6 aromatic heterocycles. The summed E-state index contributed by atoms with van der Waals surface area (Å²) in [6.45, 7) is 8.76. The molecule has 458 valence electrons. The lowest BCUT2D eigenvalue weighted by molar-refractivity contribution is 1.04. The molecule has 97 heavy (non-hydrogen) atoms. The molecule has 0 N–H and O–H groups in total. The van der Waals surface area contributed by atoms with Crippen LogP contribution in [0.2, 0.25) is 0 Å². The van der Waals surface area contributed by atoms with Crippen LogP contribution in [0.5, 0.6) is 0 Å². The highest BCUT2D eigenvalue weighted by atomic mass is 15.1. The van der Waals surface area contributed by atoms with Gasteiger partial charge in [0.2, 0.25) is 0 Å². The fourth-order valence-electron chi connectivity index (χ4n) is 14.5. The van der Waals surface area contributed by atoms with Gasteiger partial charge in [-0.1, -0.05) is 229 Å². The van der Waals surface area contributed by atoms with Gasteiger partial charge in [-0.05, 0) is 125 Å². The zero-order chi connectivity index (χ0) is 64.8. The number of rotatable bonds is 11. The minimum absolute atomic E-state index is 0.530. The zero-order valence-corrected chi connectivity index (χ0v) is 53.9. The molecule has 0 aliphatic rings. The van der Waals surface area contributed by atoms with Gasteiger partial charge < -0.3 is 13.7 Å². The van der Waals surface area contributed by atoms with E-state index in [0.29, 0.717) is 11.6 Å². The van der Waals surface area contributed by atoms with E-state index in [1.807, 2.05) is 6.07 Å². The number of hydrogen-bond acceptors (Lipinski definition) is 5. The van der Waals surface area contributed by atoms with Gasteiger partial charge in [0.15, 0.2) is 11.6 Å². The van der Waals surface area contributed by atoms with Crippen LogP contribution >= 0.6 is 0 Å². The van der Waals surface area contributed by atoms with E-state index in [1.54, 1.807) is 0 Å². The lowest BCUT2D eigenvalue weighted by Gasteiger charge is -2.27. The van der Waals surface area contributed by atoms with Gasteiger partial charge in [0.05, 0.1) is 84.3 Å². The first-order valence-corrected chi connectivity index (χ1v) is 33.0. The number of aryl methyl sites for hydroxylation is 4. The number of fused-ring (bicyclic) bond motifs is 9. The van der Waals surface area contributed by atoms with Crippen LogP contribution in [0.1, 0.15) is 22.3 Å². The average Bonchev–Trinajstić information content (AvgIpc) is 1.60. The Kier molecular flexibility index (Phi) is 13.6. The van der Waals surface area contributed by atoms with Crippen LogP contribution in [0.4, 0.5) is 0 Å². The van der Waals surface area contributed by atoms with Gasteiger partial charge in [-0.15, -0.1) is 0 Å². The monoisotopic (exact) mass is 1240 g/mol. The van der Waals surface area contributed by atoms with E-state index in [9.17, 15) is 0 Å². The molecular weight excluding hydrogens is 1180 g/mol. The molecule has 0 bridgehead atoms. The Morgan fingerprint density at radius 3 is 0.876 bits per heavy atom. The molecule has 6 heterocycles. The molecule has 0 radical (unpaired) electrons. The van der Waals surface area contributed by atoms with E-state index in [-0.39, 0.29) is 0 Å². The van der Waals surface area contributed by atoms with Gasteiger partial charge in [0.1, 0.15) is 0 Å². The van der Waals surface area contributed by atoms with Gasteiger partial charge in [0.25, 0.3) is 0 Å². The van der Waals surface area contributed by atoms with E-state index in [1.165, 1.54) is 22.3 Å². The molecule has 0 saturated carbocycles. The highest BCUT2D eigenvalue weighted by Crippen LogP contribution is 2.51. The SMILES string of the molecule is Cc1ccc2c(c1)c1cc(C)ccc1n2-c1c(-c2nc(-c3ccccc3)cc(-c3ccccc3)n2)cc(-c2nc(-c3ccccc3)cc(-c3ccccc3)n2)c(-n2c3ccc(C)cc3c3cc(C)ccc32)c1-n1c2ccccc2c2cc(-c3cccc(-c4ccccc4)n3)ccc21. The number of para-hydroxylation sites is 1. The second-order valence-corrected chi connectivity index (χ2v) is 25.5. The van der Waals surface area contributed by atoms with Crippen molar-refractivity contribution < 1.29 is 0 Å². The molecule has 18 rings (SSSR count). The van der Waals surface area contributed by atoms with Crippen LogP contribution < -0.4 is 0 Å². The molecule has 8 heteroatoms. The highest BCUT2D eigenvalue weighted by Gasteiger charge is 2.33. The zero-order valence-electron chi connectivity index (χ0n) is 53.9. The molecule has 12 aromatic carbocycles. The van der Waals surface area contributed by atoms with Gasteiger partial charge in [-0.2, -0.15) is 0 Å². The third-order valence-corrected chi connectivity index (χ3v) is 19.1. The van der Waals surface area contributed by atoms with E-state index in [0.717, 1.165) is 161 Å². The van der Waals surface area contributed by atoms with Gasteiger partial charge in [-0.3, -0.25) is 0 Å². The largest absolute Gasteiger partial charge is 0.306 e. The maximum absolute atomic E-state index is 5.87. The summed E-state index contributed by atoms with van der Waals surface area (Å²) in [6.07, 6.45) is 0. The first-order chi connectivity index (χ1) is 47.7. The molecule has 18 aromatic rings. The number of benzene rings is 12. The second-order valence-electron chi connectivity index (χ2n) is 25.5. The smallest absolute Gasteiger partial charge is 0.162 e. The Bertz CT molecular complexity index is 5640. The summed E-state index contributed by atoms with van der Waals surface area (Å²) in [7, 11) is 0. The number of pyridine rings is 1. The Morgan fingerprint density at radius 2 is 0.495 bits per heavy atom. The van der Waals surface area contributed by atoms with Crippen LogP contribution in [0.3, 0.4) is 0 Å².